The van der Waals surface area contributed by atoms with Crippen molar-refractivity contribution >= 4 is 23.3 Å². The maximum absolute atomic E-state index is 12.4. The van der Waals surface area contributed by atoms with E-state index in [1.807, 2.05) is 44.2 Å². The van der Waals surface area contributed by atoms with Crippen molar-refractivity contribution in [2.75, 3.05) is 11.9 Å². The zero-order valence-electron chi connectivity index (χ0n) is 15.7. The molecule has 0 saturated heterocycles. The van der Waals surface area contributed by atoms with E-state index in [9.17, 15) is 14.9 Å². The van der Waals surface area contributed by atoms with Crippen LogP contribution in [0.1, 0.15) is 31.1 Å². The summed E-state index contributed by atoms with van der Waals surface area (Å²) in [5.74, 6) is -1.22. The molecular weight excluding hydrogens is 342 g/mol. The molecule has 1 amide bonds. The highest BCUT2D eigenvalue weighted by Crippen LogP contribution is 2.21. The van der Waals surface area contributed by atoms with Gasteiger partial charge in [-0.25, -0.2) is 4.79 Å². The Labute approximate surface area is 159 Å². The van der Waals surface area contributed by atoms with Crippen molar-refractivity contribution in [1.29, 1.82) is 5.26 Å². The summed E-state index contributed by atoms with van der Waals surface area (Å²) in [4.78, 5) is 24.5. The summed E-state index contributed by atoms with van der Waals surface area (Å²) < 4.78 is 5.14. The number of para-hydroxylation sites is 2. The molecule has 0 fully saturated rings. The lowest BCUT2D eigenvalue weighted by Crippen LogP contribution is -2.50. The number of nitriles is 1. The Kier molecular flexibility index (Phi) is 6.56. The molecule has 0 spiro atoms. The second kappa shape index (κ2) is 8.86. The first kappa shape index (κ1) is 20.0. The minimum Gasteiger partial charge on any atom is -0.452 e. The van der Waals surface area contributed by atoms with E-state index in [4.69, 9.17) is 4.74 Å². The maximum atomic E-state index is 12.4. The molecule has 0 unspecified atom stereocenters. The Bertz CT molecular complexity index is 843. The van der Waals surface area contributed by atoms with Crippen molar-refractivity contribution < 1.29 is 14.3 Å². The van der Waals surface area contributed by atoms with E-state index in [0.717, 1.165) is 5.69 Å². The first-order chi connectivity index (χ1) is 12.9. The van der Waals surface area contributed by atoms with Gasteiger partial charge in [0.15, 0.2) is 6.61 Å². The van der Waals surface area contributed by atoms with E-state index in [2.05, 4.69) is 16.7 Å². The molecule has 6 nitrogen and oxygen atoms in total. The number of amides is 1. The van der Waals surface area contributed by atoms with Crippen LogP contribution in [0.5, 0.6) is 0 Å². The monoisotopic (exact) mass is 365 g/mol. The predicted molar refractivity (Wildman–Crippen MR) is 103 cm³/mol. The SMILES string of the molecule is CC(C)[C@](C)(C#N)NC(=O)COC(=O)c1ccccc1Nc1ccccc1. The molecular formula is C21H23N3O3. The third-order valence-electron chi connectivity index (χ3n) is 4.32. The minimum atomic E-state index is -1.02. The fourth-order valence-corrected chi connectivity index (χ4v) is 2.28. The van der Waals surface area contributed by atoms with Crippen molar-refractivity contribution in [2.24, 2.45) is 5.92 Å². The molecule has 0 aromatic heterocycles. The van der Waals surface area contributed by atoms with Crippen LogP contribution in [-0.2, 0) is 9.53 Å². The van der Waals surface area contributed by atoms with Gasteiger partial charge in [0, 0.05) is 5.69 Å². The van der Waals surface area contributed by atoms with Gasteiger partial charge in [-0.15, -0.1) is 0 Å². The Morgan fingerprint density at radius 2 is 1.74 bits per heavy atom. The van der Waals surface area contributed by atoms with Crippen LogP contribution < -0.4 is 10.6 Å². The van der Waals surface area contributed by atoms with Gasteiger partial charge in [-0.05, 0) is 37.1 Å². The van der Waals surface area contributed by atoms with Crippen LogP contribution in [-0.4, -0.2) is 24.0 Å². The lowest BCUT2D eigenvalue weighted by molar-refractivity contribution is -0.125. The van der Waals surface area contributed by atoms with E-state index in [1.165, 1.54) is 0 Å². The smallest absolute Gasteiger partial charge is 0.340 e. The van der Waals surface area contributed by atoms with Gasteiger partial charge < -0.3 is 15.4 Å². The summed E-state index contributed by atoms with van der Waals surface area (Å²) >= 11 is 0. The zero-order chi connectivity index (χ0) is 19.9. The molecule has 6 heteroatoms. The quantitative estimate of drug-likeness (QED) is 0.731. The van der Waals surface area contributed by atoms with Gasteiger partial charge in [-0.3, -0.25) is 4.79 Å². The van der Waals surface area contributed by atoms with E-state index in [0.29, 0.717) is 11.3 Å². The Morgan fingerprint density at radius 3 is 2.37 bits per heavy atom. The van der Waals surface area contributed by atoms with Gasteiger partial charge in [-0.1, -0.05) is 44.2 Å². The van der Waals surface area contributed by atoms with Gasteiger partial charge >= 0.3 is 5.97 Å². The number of carbonyl (C=O) groups excluding carboxylic acids is 2. The zero-order valence-corrected chi connectivity index (χ0v) is 15.7. The summed E-state index contributed by atoms with van der Waals surface area (Å²) in [7, 11) is 0. The molecule has 140 valence electrons. The standard InChI is InChI=1S/C21H23N3O3/c1-15(2)21(3,14-22)24-19(25)13-27-20(26)17-11-7-8-12-18(17)23-16-9-5-4-6-10-16/h4-12,15,23H,13H2,1-3H3,(H,24,25)/t21-/m0/s1. The molecule has 0 aliphatic carbocycles. The van der Waals surface area contributed by atoms with E-state index in [-0.39, 0.29) is 5.92 Å². The number of carbonyl (C=O) groups is 2. The molecule has 2 aromatic rings. The number of anilines is 2. The summed E-state index contributed by atoms with van der Waals surface area (Å²) in [6, 6.07) is 18.4. The molecule has 0 aliphatic heterocycles. The van der Waals surface area contributed by atoms with Crippen molar-refractivity contribution in [3.8, 4) is 6.07 Å². The molecule has 0 heterocycles. The minimum absolute atomic E-state index is 0.0852. The Morgan fingerprint density at radius 1 is 1.11 bits per heavy atom. The van der Waals surface area contributed by atoms with Crippen molar-refractivity contribution in [2.45, 2.75) is 26.3 Å². The Hall–Kier alpha value is -3.33. The van der Waals surface area contributed by atoms with Gasteiger partial charge in [0.1, 0.15) is 5.54 Å². The van der Waals surface area contributed by atoms with E-state index >= 15 is 0 Å². The fraction of sp³-hybridized carbons (Fsp3) is 0.286. The molecule has 2 rings (SSSR count). The van der Waals surface area contributed by atoms with Crippen LogP contribution in [0.4, 0.5) is 11.4 Å². The number of nitrogens with one attached hydrogen (secondary N) is 2. The topological polar surface area (TPSA) is 91.2 Å². The highest BCUT2D eigenvalue weighted by molar-refractivity contribution is 5.97. The molecule has 0 radical (unpaired) electrons. The lowest BCUT2D eigenvalue weighted by atomic mass is 9.90. The van der Waals surface area contributed by atoms with Crippen LogP contribution in [0.15, 0.2) is 54.6 Å². The van der Waals surface area contributed by atoms with Crippen molar-refractivity contribution in [3.05, 3.63) is 60.2 Å². The number of esters is 1. The molecule has 0 saturated carbocycles. The number of nitrogens with zero attached hydrogens (tertiary/aromatic N) is 1. The summed E-state index contributed by atoms with van der Waals surface area (Å²) in [5.41, 5.74) is 0.715. The van der Waals surface area contributed by atoms with Gasteiger partial charge in [0.2, 0.25) is 0 Å². The molecule has 0 aliphatic rings. The molecule has 1 atom stereocenters. The molecule has 27 heavy (non-hydrogen) atoms. The predicted octanol–water partition coefficient (Wildman–Crippen LogP) is 3.64. The number of hydrogen-bond donors (Lipinski definition) is 2. The highest BCUT2D eigenvalue weighted by atomic mass is 16.5. The molecule has 2 aromatic carbocycles. The van der Waals surface area contributed by atoms with Gasteiger partial charge in [0.05, 0.1) is 17.3 Å². The van der Waals surface area contributed by atoms with Crippen LogP contribution in [0.3, 0.4) is 0 Å². The van der Waals surface area contributed by atoms with Crippen LogP contribution in [0.25, 0.3) is 0 Å². The largest absolute Gasteiger partial charge is 0.452 e. The van der Waals surface area contributed by atoms with E-state index in [1.54, 1.807) is 31.2 Å². The highest BCUT2D eigenvalue weighted by Gasteiger charge is 2.30. The number of rotatable bonds is 7. The third kappa shape index (κ3) is 5.32. The van der Waals surface area contributed by atoms with Crippen molar-refractivity contribution in [1.82, 2.24) is 5.32 Å². The number of benzene rings is 2. The Balaban J connectivity index is 2.02. The summed E-state index contributed by atoms with van der Waals surface area (Å²) in [6.45, 7) is 4.85. The van der Waals surface area contributed by atoms with Crippen molar-refractivity contribution in [3.63, 3.8) is 0 Å². The average Bonchev–Trinajstić information content (AvgIpc) is 2.67. The van der Waals surface area contributed by atoms with Gasteiger partial charge in [0.25, 0.3) is 5.91 Å². The second-order valence-electron chi connectivity index (χ2n) is 6.63. The third-order valence-corrected chi connectivity index (χ3v) is 4.32. The van der Waals surface area contributed by atoms with Crippen LogP contribution in [0, 0.1) is 17.2 Å². The fourth-order valence-electron chi connectivity index (χ4n) is 2.28. The number of ether oxygens (including phenoxy) is 1. The first-order valence-electron chi connectivity index (χ1n) is 8.66. The van der Waals surface area contributed by atoms with Gasteiger partial charge in [-0.2, -0.15) is 5.26 Å². The van der Waals surface area contributed by atoms with Crippen LogP contribution >= 0.6 is 0 Å². The maximum Gasteiger partial charge on any atom is 0.340 e. The average molecular weight is 365 g/mol. The molecule has 2 N–H and O–H groups in total. The lowest BCUT2D eigenvalue weighted by Gasteiger charge is -2.27. The normalized spacial score (nSPS) is 12.6. The summed E-state index contributed by atoms with van der Waals surface area (Å²) in [5, 5.41) is 15.0. The molecule has 0 bridgehead atoms. The summed E-state index contributed by atoms with van der Waals surface area (Å²) in [6.07, 6.45) is 0. The van der Waals surface area contributed by atoms with E-state index < -0.39 is 24.0 Å². The van der Waals surface area contributed by atoms with Crippen LogP contribution in [0.2, 0.25) is 0 Å². The first-order valence-corrected chi connectivity index (χ1v) is 8.66. The second-order valence-corrected chi connectivity index (χ2v) is 6.63. The number of hydrogen-bond acceptors (Lipinski definition) is 5.